The molecule has 0 heterocycles. The summed E-state index contributed by atoms with van der Waals surface area (Å²) in [5, 5.41) is 3.07. The molecule has 1 saturated carbocycles. The Balaban J connectivity index is 1.83. The molecule has 1 aliphatic rings. The quantitative estimate of drug-likeness (QED) is 0.598. The van der Waals surface area contributed by atoms with Crippen molar-refractivity contribution >= 4 is 0 Å². The van der Waals surface area contributed by atoms with E-state index in [1.54, 1.807) is 6.07 Å². The third-order valence-corrected chi connectivity index (χ3v) is 3.24. The van der Waals surface area contributed by atoms with Crippen molar-refractivity contribution in [3.63, 3.8) is 0 Å². The van der Waals surface area contributed by atoms with E-state index in [-0.39, 0.29) is 24.4 Å². The number of rotatable bonds is 7. The Morgan fingerprint density at radius 2 is 2.22 bits per heavy atom. The molecule has 0 aliphatic heterocycles. The summed E-state index contributed by atoms with van der Waals surface area (Å²) in [5.74, 6) is 0.597. The van der Waals surface area contributed by atoms with Crippen LogP contribution in [0.1, 0.15) is 31.4 Å². The largest absolute Gasteiger partial charge is 0.464 e. The number of halogens is 1. The van der Waals surface area contributed by atoms with Crippen molar-refractivity contribution in [2.75, 3.05) is 20.4 Å². The van der Waals surface area contributed by atoms with Crippen LogP contribution < -0.4 is 10.1 Å². The first-order valence-corrected chi connectivity index (χ1v) is 6.38. The molecule has 1 aromatic carbocycles. The third-order valence-electron chi connectivity index (χ3n) is 3.24. The van der Waals surface area contributed by atoms with E-state index in [1.165, 1.54) is 18.9 Å². The molecular weight excluding hydrogens is 233 g/mol. The van der Waals surface area contributed by atoms with Crippen molar-refractivity contribution in [1.29, 1.82) is 0 Å². The highest BCUT2D eigenvalue weighted by atomic mass is 19.1. The van der Waals surface area contributed by atoms with Gasteiger partial charge in [-0.2, -0.15) is 0 Å². The van der Waals surface area contributed by atoms with E-state index in [9.17, 15) is 4.39 Å². The molecular formula is C14H20FNO2. The topological polar surface area (TPSA) is 30.5 Å². The Morgan fingerprint density at radius 1 is 1.44 bits per heavy atom. The predicted molar refractivity (Wildman–Crippen MR) is 68.0 cm³/mol. The summed E-state index contributed by atoms with van der Waals surface area (Å²) in [7, 11) is 1.85. The molecule has 4 heteroatoms. The van der Waals surface area contributed by atoms with Crippen LogP contribution in [0, 0.1) is 11.7 Å². The number of hydrogen-bond donors (Lipinski definition) is 1. The van der Waals surface area contributed by atoms with Crippen LogP contribution in [0.25, 0.3) is 0 Å². The van der Waals surface area contributed by atoms with Crippen molar-refractivity contribution < 1.29 is 13.9 Å². The Labute approximate surface area is 107 Å². The molecule has 1 unspecified atom stereocenters. The molecule has 100 valence electrons. The van der Waals surface area contributed by atoms with Crippen molar-refractivity contribution in [3.05, 3.63) is 29.6 Å². The molecule has 18 heavy (non-hydrogen) atoms. The lowest BCUT2D eigenvalue weighted by molar-refractivity contribution is 0.00791. The van der Waals surface area contributed by atoms with Crippen LogP contribution in [0.3, 0.4) is 0 Å². The van der Waals surface area contributed by atoms with Gasteiger partial charge in [-0.05, 0) is 50.4 Å². The highest BCUT2D eigenvalue weighted by Crippen LogP contribution is 2.29. The van der Waals surface area contributed by atoms with Crippen LogP contribution in [0.15, 0.2) is 18.2 Å². The fraction of sp³-hybridized carbons (Fsp3) is 0.571. The van der Waals surface area contributed by atoms with Gasteiger partial charge in [0.2, 0.25) is 0 Å². The van der Waals surface area contributed by atoms with Gasteiger partial charge in [-0.1, -0.05) is 6.07 Å². The fourth-order valence-corrected chi connectivity index (χ4v) is 1.67. The molecule has 0 spiro atoms. The Hall–Kier alpha value is -1.13. The van der Waals surface area contributed by atoms with E-state index < -0.39 is 0 Å². The second-order valence-corrected chi connectivity index (χ2v) is 4.78. The molecule has 1 fully saturated rings. The smallest absolute Gasteiger partial charge is 0.189 e. The number of ether oxygens (including phenoxy) is 2. The molecule has 1 atom stereocenters. The standard InChI is InChI=1S/C14H20FNO2/c1-10(16-2)12-5-6-14(13(15)7-12)18-9-17-8-11-3-4-11/h5-7,10-11,16H,3-4,8-9H2,1-2H3. The summed E-state index contributed by atoms with van der Waals surface area (Å²) in [6.45, 7) is 2.82. The molecule has 0 saturated heterocycles. The van der Waals surface area contributed by atoms with Crippen molar-refractivity contribution in [3.8, 4) is 5.75 Å². The lowest BCUT2D eigenvalue weighted by Gasteiger charge is -2.13. The van der Waals surface area contributed by atoms with E-state index in [4.69, 9.17) is 9.47 Å². The maximum Gasteiger partial charge on any atom is 0.189 e. The summed E-state index contributed by atoms with van der Waals surface area (Å²) in [6.07, 6.45) is 2.48. The van der Waals surface area contributed by atoms with Crippen LogP contribution in [0.4, 0.5) is 4.39 Å². The molecule has 2 rings (SSSR count). The van der Waals surface area contributed by atoms with Gasteiger partial charge in [0.25, 0.3) is 0 Å². The van der Waals surface area contributed by atoms with Gasteiger partial charge in [-0.15, -0.1) is 0 Å². The number of benzene rings is 1. The van der Waals surface area contributed by atoms with Gasteiger partial charge in [0.1, 0.15) is 0 Å². The van der Waals surface area contributed by atoms with Gasteiger partial charge in [0, 0.05) is 6.04 Å². The van der Waals surface area contributed by atoms with Gasteiger partial charge < -0.3 is 14.8 Å². The van der Waals surface area contributed by atoms with E-state index in [1.807, 2.05) is 20.0 Å². The van der Waals surface area contributed by atoms with Gasteiger partial charge in [-0.25, -0.2) is 4.39 Å². The lowest BCUT2D eigenvalue weighted by atomic mass is 10.1. The highest BCUT2D eigenvalue weighted by Gasteiger charge is 2.21. The van der Waals surface area contributed by atoms with Crippen LogP contribution in [0.5, 0.6) is 5.75 Å². The zero-order valence-corrected chi connectivity index (χ0v) is 10.9. The van der Waals surface area contributed by atoms with E-state index in [0.29, 0.717) is 5.92 Å². The van der Waals surface area contributed by atoms with E-state index in [2.05, 4.69) is 5.32 Å². The minimum absolute atomic E-state index is 0.119. The minimum Gasteiger partial charge on any atom is -0.464 e. The molecule has 0 radical (unpaired) electrons. The SMILES string of the molecule is CNC(C)c1ccc(OCOCC2CC2)c(F)c1. The van der Waals surface area contributed by atoms with Crippen LogP contribution >= 0.6 is 0 Å². The molecule has 1 N–H and O–H groups in total. The maximum absolute atomic E-state index is 13.7. The molecule has 0 amide bonds. The maximum atomic E-state index is 13.7. The zero-order valence-electron chi connectivity index (χ0n) is 10.9. The zero-order chi connectivity index (χ0) is 13.0. The molecule has 0 bridgehead atoms. The Morgan fingerprint density at radius 3 is 2.83 bits per heavy atom. The predicted octanol–water partition coefficient (Wildman–Crippen LogP) is 2.87. The van der Waals surface area contributed by atoms with Crippen LogP contribution in [-0.4, -0.2) is 20.4 Å². The summed E-state index contributed by atoms with van der Waals surface area (Å²) in [4.78, 5) is 0. The Bertz CT molecular complexity index is 393. The summed E-state index contributed by atoms with van der Waals surface area (Å²) >= 11 is 0. The monoisotopic (exact) mass is 253 g/mol. The highest BCUT2D eigenvalue weighted by molar-refractivity contribution is 5.30. The summed E-state index contributed by atoms with van der Waals surface area (Å²) in [5.41, 5.74) is 0.904. The molecule has 0 aromatic heterocycles. The van der Waals surface area contributed by atoms with Crippen molar-refractivity contribution in [2.24, 2.45) is 5.92 Å². The van der Waals surface area contributed by atoms with Gasteiger partial charge in [0.15, 0.2) is 18.4 Å². The van der Waals surface area contributed by atoms with Crippen LogP contribution in [0.2, 0.25) is 0 Å². The molecule has 3 nitrogen and oxygen atoms in total. The number of hydrogen-bond acceptors (Lipinski definition) is 3. The summed E-state index contributed by atoms with van der Waals surface area (Å²) < 4.78 is 24.3. The van der Waals surface area contributed by atoms with Gasteiger partial charge in [-0.3, -0.25) is 0 Å². The normalized spacial score (nSPS) is 16.6. The average molecular weight is 253 g/mol. The van der Waals surface area contributed by atoms with Gasteiger partial charge >= 0.3 is 0 Å². The first kappa shape index (κ1) is 13.3. The second-order valence-electron chi connectivity index (χ2n) is 4.78. The Kier molecular flexibility index (Phi) is 4.55. The first-order chi connectivity index (χ1) is 8.70. The van der Waals surface area contributed by atoms with Crippen molar-refractivity contribution in [2.45, 2.75) is 25.8 Å². The molecule has 1 aromatic rings. The minimum atomic E-state index is -0.343. The summed E-state index contributed by atoms with van der Waals surface area (Å²) in [6, 6.07) is 5.14. The van der Waals surface area contributed by atoms with Gasteiger partial charge in [0.05, 0.1) is 6.61 Å². The first-order valence-electron chi connectivity index (χ1n) is 6.38. The molecule has 1 aliphatic carbocycles. The average Bonchev–Trinajstić information content (AvgIpc) is 3.19. The number of nitrogens with one attached hydrogen (secondary N) is 1. The third kappa shape index (κ3) is 3.68. The van der Waals surface area contributed by atoms with E-state index in [0.717, 1.165) is 12.2 Å². The van der Waals surface area contributed by atoms with E-state index >= 15 is 0 Å². The van der Waals surface area contributed by atoms with Crippen LogP contribution in [-0.2, 0) is 4.74 Å². The van der Waals surface area contributed by atoms with Crippen molar-refractivity contribution in [1.82, 2.24) is 5.32 Å². The lowest BCUT2D eigenvalue weighted by Crippen LogP contribution is -2.12. The fourth-order valence-electron chi connectivity index (χ4n) is 1.67. The second kappa shape index (κ2) is 6.16.